The third-order valence-electron chi connectivity index (χ3n) is 6.59. The van der Waals surface area contributed by atoms with E-state index in [1.54, 1.807) is 30.3 Å². The van der Waals surface area contributed by atoms with Crippen molar-refractivity contribution in [1.29, 1.82) is 0 Å². The van der Waals surface area contributed by atoms with Crippen molar-refractivity contribution in [2.24, 2.45) is 17.8 Å². The van der Waals surface area contributed by atoms with E-state index in [2.05, 4.69) is 15.3 Å². The van der Waals surface area contributed by atoms with Crippen LogP contribution in [0.5, 0.6) is 5.88 Å². The number of carboxylic acids is 1. The van der Waals surface area contributed by atoms with Gasteiger partial charge in [-0.2, -0.15) is 0 Å². The minimum atomic E-state index is -0.955. The van der Waals surface area contributed by atoms with E-state index >= 15 is 0 Å². The molecule has 170 valence electrons. The van der Waals surface area contributed by atoms with Crippen LogP contribution in [0.25, 0.3) is 10.9 Å². The quantitative estimate of drug-likeness (QED) is 0.540. The Labute approximate surface area is 193 Å². The van der Waals surface area contributed by atoms with Crippen LogP contribution < -0.4 is 10.1 Å². The Morgan fingerprint density at radius 2 is 1.88 bits per heavy atom. The molecule has 1 aromatic heterocycles. The number of carbonyl (C=O) groups excluding carboxylic acids is 1. The Balaban J connectivity index is 1.24. The number of nitrogens with zero attached hydrogens (tertiary/aromatic N) is 2. The molecule has 3 aromatic rings. The molecule has 0 radical (unpaired) electrons. The number of benzene rings is 2. The first-order chi connectivity index (χ1) is 15.9. The number of carbonyl (C=O) groups is 2. The van der Waals surface area contributed by atoms with Gasteiger partial charge in [0.05, 0.1) is 17.3 Å². The molecule has 2 N–H and O–H groups in total. The molecule has 3 unspecified atom stereocenters. The second kappa shape index (κ2) is 8.59. The first kappa shape index (κ1) is 21.6. The van der Waals surface area contributed by atoms with Gasteiger partial charge >= 0.3 is 5.97 Å². The smallest absolute Gasteiger partial charge is 0.305 e. The normalized spacial score (nSPS) is 24.2. The molecule has 2 aliphatic carbocycles. The molecule has 0 bridgehead atoms. The predicted molar refractivity (Wildman–Crippen MR) is 119 cm³/mol. The van der Waals surface area contributed by atoms with E-state index in [0.29, 0.717) is 27.4 Å². The van der Waals surface area contributed by atoms with Crippen molar-refractivity contribution in [1.82, 2.24) is 15.3 Å². The Morgan fingerprint density at radius 3 is 2.58 bits per heavy atom. The summed E-state index contributed by atoms with van der Waals surface area (Å²) in [6.07, 6.45) is 2.60. The average Bonchev–Trinajstić information content (AvgIpc) is 3.28. The molecular weight excluding hydrogens is 449 g/mol. The largest absolute Gasteiger partial charge is 0.481 e. The second-order valence-electron chi connectivity index (χ2n) is 8.64. The standard InChI is InChI=1S/C24H21ClFN3O4/c25-13-3-1-12(2-4-13)23(32)29-20(10-21(30)31)22-16-8-15(9-17(16)22)33-24-18-7-14(26)5-6-19(18)27-11-28-24/h1-7,11,15-17,20,22H,8-10H2,(H,29,32)(H,30,31)/t15?,16-,17+,20?,22?. The van der Waals surface area contributed by atoms with E-state index in [0.717, 1.165) is 12.8 Å². The maximum absolute atomic E-state index is 13.7. The van der Waals surface area contributed by atoms with Gasteiger partial charge in [0.2, 0.25) is 5.88 Å². The van der Waals surface area contributed by atoms with E-state index in [9.17, 15) is 19.1 Å². The van der Waals surface area contributed by atoms with Crippen molar-refractivity contribution >= 4 is 34.4 Å². The van der Waals surface area contributed by atoms with Crippen LogP contribution in [0.4, 0.5) is 4.39 Å². The Hall–Kier alpha value is -3.26. The van der Waals surface area contributed by atoms with Gasteiger partial charge in [0, 0.05) is 16.6 Å². The van der Waals surface area contributed by atoms with Crippen molar-refractivity contribution in [2.45, 2.75) is 31.4 Å². The maximum Gasteiger partial charge on any atom is 0.305 e. The summed E-state index contributed by atoms with van der Waals surface area (Å²) in [5, 5.41) is 13.3. The number of hydrogen-bond donors (Lipinski definition) is 2. The summed E-state index contributed by atoms with van der Waals surface area (Å²) in [7, 11) is 0. The van der Waals surface area contributed by atoms with Crippen molar-refractivity contribution in [3.63, 3.8) is 0 Å². The minimum absolute atomic E-state index is 0.0804. The van der Waals surface area contributed by atoms with Gasteiger partial charge in [0.25, 0.3) is 5.91 Å². The molecule has 2 saturated carbocycles. The summed E-state index contributed by atoms with van der Waals surface area (Å²) in [6.45, 7) is 0. The number of rotatable bonds is 7. The lowest BCUT2D eigenvalue weighted by atomic mass is 9.99. The Bertz CT molecular complexity index is 1210. The van der Waals surface area contributed by atoms with Crippen LogP contribution in [0, 0.1) is 23.6 Å². The molecule has 33 heavy (non-hydrogen) atoms. The SMILES string of the molecule is O=C(O)CC(NC(=O)c1ccc(Cl)cc1)C1[C@H]2CC(Oc3ncnc4ccc(F)cc34)C[C@@H]12. The lowest BCUT2D eigenvalue weighted by Gasteiger charge is -2.22. The first-order valence-electron chi connectivity index (χ1n) is 10.7. The summed E-state index contributed by atoms with van der Waals surface area (Å²) in [5.41, 5.74) is 1.04. The van der Waals surface area contributed by atoms with Crippen LogP contribution in [-0.4, -0.2) is 39.1 Å². The fraction of sp³-hybridized carbons (Fsp3) is 0.333. The maximum atomic E-state index is 13.7. The van der Waals surface area contributed by atoms with Gasteiger partial charge in [-0.15, -0.1) is 0 Å². The van der Waals surface area contributed by atoms with E-state index in [1.165, 1.54) is 18.5 Å². The van der Waals surface area contributed by atoms with E-state index in [1.807, 2.05) is 0 Å². The number of carboxylic acid groups (broad SMARTS) is 1. The summed E-state index contributed by atoms with van der Waals surface area (Å²) in [6, 6.07) is 10.3. The number of fused-ring (bicyclic) bond motifs is 2. The van der Waals surface area contributed by atoms with Crippen LogP contribution in [-0.2, 0) is 4.79 Å². The number of nitrogens with one attached hydrogen (secondary N) is 1. The molecule has 2 aliphatic rings. The van der Waals surface area contributed by atoms with Gasteiger partial charge < -0.3 is 15.2 Å². The predicted octanol–water partition coefficient (Wildman–Crippen LogP) is 4.10. The zero-order valence-electron chi connectivity index (χ0n) is 17.4. The van der Waals surface area contributed by atoms with Gasteiger partial charge in [-0.05, 0) is 73.1 Å². The molecular formula is C24H21ClFN3O4. The fourth-order valence-corrected chi connectivity index (χ4v) is 5.24. The van der Waals surface area contributed by atoms with Gasteiger partial charge in [-0.1, -0.05) is 11.6 Å². The first-order valence-corrected chi connectivity index (χ1v) is 11.1. The summed E-state index contributed by atoms with van der Waals surface area (Å²) < 4.78 is 19.8. The lowest BCUT2D eigenvalue weighted by Crippen LogP contribution is -2.39. The van der Waals surface area contributed by atoms with Gasteiger partial charge in [-0.25, -0.2) is 14.4 Å². The molecule has 2 aromatic carbocycles. The van der Waals surface area contributed by atoms with Crippen LogP contribution in [0.2, 0.25) is 5.02 Å². The highest BCUT2D eigenvalue weighted by Crippen LogP contribution is 2.60. The number of hydrogen-bond acceptors (Lipinski definition) is 5. The highest BCUT2D eigenvalue weighted by atomic mass is 35.5. The van der Waals surface area contributed by atoms with Crippen molar-refractivity contribution in [3.8, 4) is 5.88 Å². The highest BCUT2D eigenvalue weighted by Gasteiger charge is 2.60. The van der Waals surface area contributed by atoms with E-state index in [-0.39, 0.29) is 42.0 Å². The zero-order valence-corrected chi connectivity index (χ0v) is 18.2. The number of aromatic nitrogens is 2. The molecule has 7 nitrogen and oxygen atoms in total. The number of halogens is 2. The summed E-state index contributed by atoms with van der Waals surface area (Å²) in [5.74, 6) is -0.708. The third-order valence-corrected chi connectivity index (χ3v) is 6.84. The van der Waals surface area contributed by atoms with Crippen molar-refractivity contribution in [2.75, 3.05) is 0 Å². The van der Waals surface area contributed by atoms with Crippen molar-refractivity contribution < 1.29 is 23.8 Å². The molecule has 5 rings (SSSR count). The summed E-state index contributed by atoms with van der Waals surface area (Å²) >= 11 is 5.88. The second-order valence-corrected chi connectivity index (χ2v) is 9.08. The molecule has 5 atom stereocenters. The van der Waals surface area contributed by atoms with Gasteiger partial charge in [0.1, 0.15) is 18.2 Å². The van der Waals surface area contributed by atoms with Gasteiger partial charge in [0.15, 0.2) is 0 Å². The van der Waals surface area contributed by atoms with Crippen LogP contribution >= 0.6 is 11.6 Å². The summed E-state index contributed by atoms with van der Waals surface area (Å²) in [4.78, 5) is 32.4. The number of aliphatic carboxylic acids is 1. The monoisotopic (exact) mass is 469 g/mol. The van der Waals surface area contributed by atoms with E-state index in [4.69, 9.17) is 16.3 Å². The Morgan fingerprint density at radius 1 is 1.15 bits per heavy atom. The highest BCUT2D eigenvalue weighted by molar-refractivity contribution is 6.30. The topological polar surface area (TPSA) is 101 Å². The minimum Gasteiger partial charge on any atom is -0.481 e. The molecule has 2 fully saturated rings. The van der Waals surface area contributed by atoms with Gasteiger partial charge in [-0.3, -0.25) is 9.59 Å². The van der Waals surface area contributed by atoms with Crippen molar-refractivity contribution in [3.05, 3.63) is 65.2 Å². The molecule has 0 saturated heterocycles. The van der Waals surface area contributed by atoms with E-state index < -0.39 is 12.0 Å². The number of ether oxygens (including phenoxy) is 1. The average molecular weight is 470 g/mol. The van der Waals surface area contributed by atoms with Crippen LogP contribution in [0.1, 0.15) is 29.6 Å². The fourth-order valence-electron chi connectivity index (χ4n) is 5.12. The van der Waals surface area contributed by atoms with Crippen LogP contribution in [0.15, 0.2) is 48.8 Å². The lowest BCUT2D eigenvalue weighted by molar-refractivity contribution is -0.137. The Kier molecular flexibility index (Phi) is 5.62. The third kappa shape index (κ3) is 4.48. The molecule has 9 heteroatoms. The molecule has 0 aliphatic heterocycles. The number of amides is 1. The molecule has 0 spiro atoms. The zero-order chi connectivity index (χ0) is 23.1. The molecule has 1 amide bonds. The molecule has 1 heterocycles. The van der Waals surface area contributed by atoms with Crippen LogP contribution in [0.3, 0.4) is 0 Å².